The van der Waals surface area contributed by atoms with Crippen LogP contribution in [0.3, 0.4) is 0 Å². The fraction of sp³-hybridized carbons (Fsp3) is 0.552. The van der Waals surface area contributed by atoms with E-state index in [2.05, 4.69) is 49.1 Å². The average Bonchev–Trinajstić information content (AvgIpc) is 3.12. The van der Waals surface area contributed by atoms with Gasteiger partial charge in [-0.2, -0.15) is 13.2 Å². The fourth-order valence-corrected chi connectivity index (χ4v) is 5.76. The maximum atomic E-state index is 13.7. The molecule has 1 amide bonds. The van der Waals surface area contributed by atoms with E-state index in [1.165, 1.54) is 24.0 Å². The van der Waals surface area contributed by atoms with E-state index >= 15 is 0 Å². The summed E-state index contributed by atoms with van der Waals surface area (Å²) in [6.45, 7) is 7.13. The van der Waals surface area contributed by atoms with Gasteiger partial charge in [0, 0.05) is 13.0 Å². The molecular formula is C29H37F3N2O2. The molecule has 2 atom stereocenters. The molecule has 3 aliphatic rings. The van der Waals surface area contributed by atoms with E-state index in [0.29, 0.717) is 12.3 Å². The summed E-state index contributed by atoms with van der Waals surface area (Å²) in [5, 5.41) is 0. The number of carbonyl (C=O) groups is 1. The Morgan fingerprint density at radius 3 is 2.53 bits per heavy atom. The van der Waals surface area contributed by atoms with Gasteiger partial charge in [-0.25, -0.2) is 0 Å². The molecule has 0 aromatic heterocycles. The lowest BCUT2D eigenvalue weighted by Crippen LogP contribution is -2.43. The zero-order chi connectivity index (χ0) is 25.8. The lowest BCUT2D eigenvalue weighted by atomic mass is 9.72. The van der Waals surface area contributed by atoms with Gasteiger partial charge in [-0.1, -0.05) is 56.3 Å². The standard InChI is InChI=1S/C29H37F3N2O2/c1-22(2)28(14-18-33-16-12-24(13-17-33)20-23-8-4-3-5-9-23)21-26-34(27(28)35)15-6-10-25(29(30,31)32)11-7-19-36-26/h3-11,19,22,24,26H,12-18,20-21H2,1-2H3/b10-6+,19-7+,25-11+. The summed E-state index contributed by atoms with van der Waals surface area (Å²) in [5.74, 6) is 0.767. The van der Waals surface area contributed by atoms with Gasteiger partial charge in [0.25, 0.3) is 0 Å². The average molecular weight is 503 g/mol. The Labute approximate surface area is 212 Å². The van der Waals surface area contributed by atoms with Gasteiger partial charge in [0.2, 0.25) is 5.91 Å². The molecule has 2 fully saturated rings. The molecular weight excluding hydrogens is 465 g/mol. The summed E-state index contributed by atoms with van der Waals surface area (Å²) in [6.07, 6.45) is 5.77. The van der Waals surface area contributed by atoms with Crippen molar-refractivity contribution < 1.29 is 22.7 Å². The van der Waals surface area contributed by atoms with Gasteiger partial charge in [-0.3, -0.25) is 4.79 Å². The number of amides is 1. The molecule has 7 heteroatoms. The first-order chi connectivity index (χ1) is 17.2. The van der Waals surface area contributed by atoms with Crippen LogP contribution in [-0.2, 0) is 16.0 Å². The largest absolute Gasteiger partial charge is 0.478 e. The second kappa shape index (κ2) is 11.2. The van der Waals surface area contributed by atoms with Crippen molar-refractivity contribution in [2.24, 2.45) is 17.3 Å². The smallest absolute Gasteiger partial charge is 0.416 e. The molecule has 0 bridgehead atoms. The maximum absolute atomic E-state index is 13.7. The Kier molecular flexibility index (Phi) is 8.28. The molecule has 196 valence electrons. The van der Waals surface area contributed by atoms with Gasteiger partial charge >= 0.3 is 6.18 Å². The number of ether oxygens (including phenoxy) is 1. The van der Waals surface area contributed by atoms with Gasteiger partial charge in [0.05, 0.1) is 17.3 Å². The predicted octanol–water partition coefficient (Wildman–Crippen LogP) is 6.12. The Hall–Kier alpha value is -2.54. The number of allylic oxidation sites excluding steroid dienone is 4. The zero-order valence-corrected chi connectivity index (χ0v) is 21.2. The van der Waals surface area contributed by atoms with Crippen LogP contribution in [0.4, 0.5) is 13.2 Å². The molecule has 0 N–H and O–H groups in total. The number of carbonyl (C=O) groups excluding carboxylic acids is 1. The van der Waals surface area contributed by atoms with E-state index in [1.807, 2.05) is 0 Å². The minimum absolute atomic E-state index is 0.0161. The van der Waals surface area contributed by atoms with Crippen LogP contribution in [0.2, 0.25) is 0 Å². The molecule has 0 spiro atoms. The first-order valence-corrected chi connectivity index (χ1v) is 13.0. The third-order valence-corrected chi connectivity index (χ3v) is 8.14. The summed E-state index contributed by atoms with van der Waals surface area (Å²) in [6, 6.07) is 10.6. The topological polar surface area (TPSA) is 32.8 Å². The van der Waals surface area contributed by atoms with E-state index in [0.717, 1.165) is 57.5 Å². The number of rotatable bonds is 6. The highest BCUT2D eigenvalue weighted by Gasteiger charge is 2.53. The van der Waals surface area contributed by atoms with Gasteiger partial charge in [0.1, 0.15) is 0 Å². The number of halogens is 3. The maximum Gasteiger partial charge on any atom is 0.416 e. The fourth-order valence-electron chi connectivity index (χ4n) is 5.76. The van der Waals surface area contributed by atoms with Gasteiger partial charge < -0.3 is 14.5 Å². The summed E-state index contributed by atoms with van der Waals surface area (Å²) in [5.41, 5.74) is 0.0435. The number of hydrogen-bond acceptors (Lipinski definition) is 3. The Balaban J connectivity index is 1.38. The third-order valence-electron chi connectivity index (χ3n) is 8.14. The third kappa shape index (κ3) is 6.05. The predicted molar refractivity (Wildman–Crippen MR) is 135 cm³/mol. The van der Waals surface area contributed by atoms with E-state index in [9.17, 15) is 18.0 Å². The van der Waals surface area contributed by atoms with Gasteiger partial charge in [0.15, 0.2) is 6.23 Å². The molecule has 36 heavy (non-hydrogen) atoms. The molecule has 3 aliphatic heterocycles. The van der Waals surface area contributed by atoms with Gasteiger partial charge in [-0.15, -0.1) is 0 Å². The number of piperidine rings is 1. The number of benzene rings is 1. The van der Waals surface area contributed by atoms with Crippen molar-refractivity contribution in [3.8, 4) is 0 Å². The van der Waals surface area contributed by atoms with Crippen molar-refractivity contribution in [3.63, 3.8) is 0 Å². The molecule has 4 rings (SSSR count). The Morgan fingerprint density at radius 2 is 1.86 bits per heavy atom. The Bertz CT molecular complexity index is 978. The van der Waals surface area contributed by atoms with E-state index in [1.54, 1.807) is 4.90 Å². The van der Waals surface area contributed by atoms with Crippen LogP contribution in [0.1, 0.15) is 45.1 Å². The van der Waals surface area contributed by atoms with Crippen LogP contribution < -0.4 is 0 Å². The summed E-state index contributed by atoms with van der Waals surface area (Å²) in [7, 11) is 0. The van der Waals surface area contributed by atoms with Crippen molar-refractivity contribution in [2.45, 2.75) is 58.4 Å². The van der Waals surface area contributed by atoms with E-state index < -0.39 is 23.4 Å². The highest BCUT2D eigenvalue weighted by atomic mass is 19.4. The number of alkyl halides is 3. The molecule has 0 aliphatic carbocycles. The lowest BCUT2D eigenvalue weighted by molar-refractivity contribution is -0.141. The number of likely N-dealkylation sites (tertiary alicyclic amines) is 1. The lowest BCUT2D eigenvalue weighted by Gasteiger charge is -2.36. The molecule has 2 saturated heterocycles. The number of fused-ring (bicyclic) bond motifs is 1. The quantitative estimate of drug-likeness (QED) is 0.470. The summed E-state index contributed by atoms with van der Waals surface area (Å²) >= 11 is 0. The minimum Gasteiger partial charge on any atom is -0.478 e. The molecule has 1 aromatic rings. The van der Waals surface area contributed by atoms with Crippen LogP contribution in [0.25, 0.3) is 0 Å². The highest BCUT2D eigenvalue weighted by Crippen LogP contribution is 2.46. The van der Waals surface area contributed by atoms with Crippen molar-refractivity contribution in [1.82, 2.24) is 9.80 Å². The van der Waals surface area contributed by atoms with E-state index in [4.69, 9.17) is 4.74 Å². The second-order valence-corrected chi connectivity index (χ2v) is 10.6. The van der Waals surface area contributed by atoms with Crippen LogP contribution in [-0.4, -0.2) is 54.3 Å². The van der Waals surface area contributed by atoms with Crippen LogP contribution in [0, 0.1) is 17.3 Å². The molecule has 0 saturated carbocycles. The van der Waals surface area contributed by atoms with Gasteiger partial charge in [-0.05, 0) is 74.9 Å². The first-order valence-electron chi connectivity index (χ1n) is 13.0. The summed E-state index contributed by atoms with van der Waals surface area (Å²) < 4.78 is 45.4. The SMILES string of the molecule is CC(C)C1(CCN2CCC(Cc3ccccc3)CC2)CC2O/C=C/C=C(C(F)(F)F)\C=C\CN2C1=O. The second-order valence-electron chi connectivity index (χ2n) is 10.6. The van der Waals surface area contributed by atoms with Crippen molar-refractivity contribution in [3.05, 3.63) is 72.0 Å². The number of hydrogen-bond donors (Lipinski definition) is 0. The van der Waals surface area contributed by atoms with Crippen molar-refractivity contribution in [1.29, 1.82) is 0 Å². The normalized spacial score (nSPS) is 29.4. The Morgan fingerprint density at radius 1 is 1.14 bits per heavy atom. The first kappa shape index (κ1) is 26.5. The van der Waals surface area contributed by atoms with Crippen molar-refractivity contribution >= 4 is 5.91 Å². The molecule has 3 heterocycles. The summed E-state index contributed by atoms with van der Waals surface area (Å²) in [4.78, 5) is 17.8. The zero-order valence-electron chi connectivity index (χ0n) is 21.2. The molecule has 1 aromatic carbocycles. The molecule has 4 nitrogen and oxygen atoms in total. The monoisotopic (exact) mass is 502 g/mol. The number of nitrogens with zero attached hydrogens (tertiary/aromatic N) is 2. The highest BCUT2D eigenvalue weighted by molar-refractivity contribution is 5.85. The van der Waals surface area contributed by atoms with Crippen LogP contribution in [0.5, 0.6) is 0 Å². The van der Waals surface area contributed by atoms with Crippen molar-refractivity contribution in [2.75, 3.05) is 26.2 Å². The van der Waals surface area contributed by atoms with Crippen LogP contribution in [0.15, 0.2) is 66.5 Å². The van der Waals surface area contributed by atoms with E-state index in [-0.39, 0.29) is 18.4 Å². The molecule has 0 radical (unpaired) electrons. The van der Waals surface area contributed by atoms with Crippen LogP contribution >= 0.6 is 0 Å². The minimum atomic E-state index is -4.45. The molecule has 2 unspecified atom stereocenters.